The zero-order valence-corrected chi connectivity index (χ0v) is 11.3. The molecule has 3 aromatic rings. The van der Waals surface area contributed by atoms with Crippen LogP contribution in [0.1, 0.15) is 17.8 Å². The van der Waals surface area contributed by atoms with Gasteiger partial charge in [-0.3, -0.25) is 5.43 Å². The number of hydrazine groups is 1. The van der Waals surface area contributed by atoms with Crippen LogP contribution in [0.25, 0.3) is 11.0 Å². The first kappa shape index (κ1) is 12.1. The third-order valence-electron chi connectivity index (χ3n) is 2.93. The number of hydrogen-bond donors (Lipinski definition) is 2. The molecule has 0 aliphatic rings. The van der Waals surface area contributed by atoms with E-state index in [-0.39, 0.29) is 0 Å². The first-order chi connectivity index (χ1) is 9.31. The molecular formula is C12H14N6S. The number of rotatable bonds is 4. The quantitative estimate of drug-likeness (QED) is 0.560. The molecule has 0 radical (unpaired) electrons. The molecule has 1 aromatic carbocycles. The van der Waals surface area contributed by atoms with Gasteiger partial charge < -0.3 is 4.57 Å². The van der Waals surface area contributed by atoms with Crippen LogP contribution in [0.4, 0.5) is 5.13 Å². The molecule has 0 aliphatic heterocycles. The Morgan fingerprint density at radius 1 is 1.32 bits per heavy atom. The number of imidazole rings is 1. The van der Waals surface area contributed by atoms with E-state index in [9.17, 15) is 0 Å². The third-order valence-corrected chi connectivity index (χ3v) is 3.77. The maximum atomic E-state index is 5.32. The summed E-state index contributed by atoms with van der Waals surface area (Å²) in [6, 6.07) is 8.12. The summed E-state index contributed by atoms with van der Waals surface area (Å²) in [5, 5.41) is 9.60. The molecule has 0 unspecified atom stereocenters. The normalized spacial score (nSPS) is 11.1. The van der Waals surface area contributed by atoms with Crippen molar-refractivity contribution in [1.29, 1.82) is 0 Å². The number of nitrogens with one attached hydrogen (secondary N) is 1. The van der Waals surface area contributed by atoms with Gasteiger partial charge in [-0.25, -0.2) is 10.8 Å². The van der Waals surface area contributed by atoms with Crippen molar-refractivity contribution in [2.75, 3.05) is 5.43 Å². The van der Waals surface area contributed by atoms with E-state index >= 15 is 0 Å². The monoisotopic (exact) mass is 274 g/mol. The molecule has 0 saturated carbocycles. The molecule has 19 heavy (non-hydrogen) atoms. The highest BCUT2D eigenvalue weighted by Crippen LogP contribution is 2.21. The number of nitrogens with two attached hydrogens (primary N) is 1. The van der Waals surface area contributed by atoms with E-state index in [1.807, 2.05) is 18.2 Å². The fraction of sp³-hybridized carbons (Fsp3) is 0.250. The molecule has 2 aromatic heterocycles. The lowest BCUT2D eigenvalue weighted by molar-refractivity contribution is 0.740. The SMILES string of the molecule is CCc1nc2ccccc2n1Cc1nnc(NN)s1. The number of benzene rings is 1. The second-order valence-electron chi connectivity index (χ2n) is 4.10. The van der Waals surface area contributed by atoms with Gasteiger partial charge in [0.25, 0.3) is 0 Å². The molecular weight excluding hydrogens is 260 g/mol. The molecule has 98 valence electrons. The lowest BCUT2D eigenvalue weighted by Crippen LogP contribution is -2.05. The molecule has 2 heterocycles. The average molecular weight is 274 g/mol. The van der Waals surface area contributed by atoms with Gasteiger partial charge in [0.05, 0.1) is 17.6 Å². The van der Waals surface area contributed by atoms with Crippen molar-refractivity contribution in [2.45, 2.75) is 19.9 Å². The molecule has 0 amide bonds. The number of hydrogen-bond acceptors (Lipinski definition) is 6. The molecule has 0 spiro atoms. The van der Waals surface area contributed by atoms with E-state index in [1.54, 1.807) is 0 Å². The minimum atomic E-state index is 0.623. The lowest BCUT2D eigenvalue weighted by Gasteiger charge is -2.04. The zero-order valence-electron chi connectivity index (χ0n) is 10.5. The molecule has 0 saturated heterocycles. The first-order valence-electron chi connectivity index (χ1n) is 6.05. The molecule has 0 bridgehead atoms. The fourth-order valence-corrected chi connectivity index (χ4v) is 2.72. The van der Waals surface area contributed by atoms with E-state index < -0.39 is 0 Å². The summed E-state index contributed by atoms with van der Waals surface area (Å²) in [7, 11) is 0. The summed E-state index contributed by atoms with van der Waals surface area (Å²) in [6.07, 6.45) is 0.884. The summed E-state index contributed by atoms with van der Waals surface area (Å²) in [5.41, 5.74) is 4.65. The van der Waals surface area contributed by atoms with Gasteiger partial charge in [0, 0.05) is 6.42 Å². The topological polar surface area (TPSA) is 81.7 Å². The van der Waals surface area contributed by atoms with Crippen LogP contribution < -0.4 is 11.3 Å². The fourth-order valence-electron chi connectivity index (χ4n) is 2.08. The maximum absolute atomic E-state index is 5.32. The van der Waals surface area contributed by atoms with Crippen LogP contribution in [0.2, 0.25) is 0 Å². The van der Waals surface area contributed by atoms with Crippen molar-refractivity contribution in [3.05, 3.63) is 35.1 Å². The number of aryl methyl sites for hydroxylation is 1. The Hall–Kier alpha value is -1.99. The van der Waals surface area contributed by atoms with E-state index in [2.05, 4.69) is 38.2 Å². The highest BCUT2D eigenvalue weighted by Gasteiger charge is 2.11. The Balaban J connectivity index is 2.03. The van der Waals surface area contributed by atoms with Crippen molar-refractivity contribution in [2.24, 2.45) is 5.84 Å². The van der Waals surface area contributed by atoms with Crippen molar-refractivity contribution < 1.29 is 0 Å². The molecule has 7 heteroatoms. The minimum absolute atomic E-state index is 0.623. The Bertz CT molecular complexity index is 701. The second kappa shape index (κ2) is 4.94. The van der Waals surface area contributed by atoms with E-state index in [0.717, 1.165) is 28.3 Å². The van der Waals surface area contributed by atoms with Crippen molar-refractivity contribution in [3.63, 3.8) is 0 Å². The van der Waals surface area contributed by atoms with Crippen molar-refractivity contribution in [1.82, 2.24) is 19.7 Å². The van der Waals surface area contributed by atoms with Crippen LogP contribution in [0.15, 0.2) is 24.3 Å². The maximum Gasteiger partial charge on any atom is 0.219 e. The smallest absolute Gasteiger partial charge is 0.219 e. The van der Waals surface area contributed by atoms with E-state index in [1.165, 1.54) is 11.3 Å². The molecule has 0 fully saturated rings. The van der Waals surface area contributed by atoms with Gasteiger partial charge in [-0.15, -0.1) is 10.2 Å². The van der Waals surface area contributed by atoms with Gasteiger partial charge in [-0.1, -0.05) is 30.4 Å². The lowest BCUT2D eigenvalue weighted by atomic mass is 10.3. The molecule has 0 aliphatic carbocycles. The van der Waals surface area contributed by atoms with Crippen molar-refractivity contribution in [3.8, 4) is 0 Å². The Labute approximate surface area is 114 Å². The number of nitrogens with zero attached hydrogens (tertiary/aromatic N) is 4. The van der Waals surface area contributed by atoms with Crippen molar-refractivity contribution >= 4 is 27.5 Å². The summed E-state index contributed by atoms with van der Waals surface area (Å²) in [5.74, 6) is 6.38. The molecule has 3 rings (SSSR count). The van der Waals surface area contributed by atoms with Gasteiger partial charge in [0.2, 0.25) is 5.13 Å². The molecule has 3 N–H and O–H groups in total. The zero-order chi connectivity index (χ0) is 13.2. The Morgan fingerprint density at radius 3 is 2.89 bits per heavy atom. The van der Waals surface area contributed by atoms with Crippen LogP contribution in [-0.4, -0.2) is 19.7 Å². The number of anilines is 1. The van der Waals surface area contributed by atoms with Gasteiger partial charge >= 0.3 is 0 Å². The summed E-state index contributed by atoms with van der Waals surface area (Å²) in [4.78, 5) is 4.63. The highest BCUT2D eigenvalue weighted by molar-refractivity contribution is 7.15. The number of fused-ring (bicyclic) bond motifs is 1. The second-order valence-corrected chi connectivity index (χ2v) is 5.16. The molecule has 0 atom stereocenters. The van der Waals surface area contributed by atoms with Gasteiger partial charge in [-0.05, 0) is 12.1 Å². The summed E-state index contributed by atoms with van der Waals surface area (Å²) >= 11 is 1.45. The van der Waals surface area contributed by atoms with Gasteiger partial charge in [0.1, 0.15) is 10.8 Å². The van der Waals surface area contributed by atoms with Crippen LogP contribution in [0.3, 0.4) is 0 Å². The van der Waals surface area contributed by atoms with Gasteiger partial charge in [0.15, 0.2) is 0 Å². The largest absolute Gasteiger partial charge is 0.321 e. The standard InChI is InChI=1S/C12H14N6S/c1-2-10-14-8-5-3-4-6-9(8)18(10)7-11-16-17-12(15-13)19-11/h3-6H,2,7,13H2,1H3,(H,15,17). The first-order valence-corrected chi connectivity index (χ1v) is 6.86. The number of nitrogen functional groups attached to an aromatic ring is 1. The summed E-state index contributed by atoms with van der Waals surface area (Å²) < 4.78 is 2.18. The number of aromatic nitrogens is 4. The van der Waals surface area contributed by atoms with Gasteiger partial charge in [-0.2, -0.15) is 0 Å². The third kappa shape index (κ3) is 2.18. The van der Waals surface area contributed by atoms with E-state index in [4.69, 9.17) is 5.84 Å². The number of para-hydroxylation sites is 2. The minimum Gasteiger partial charge on any atom is -0.321 e. The Kier molecular flexibility index (Phi) is 3.14. The molecule has 6 nitrogen and oxygen atoms in total. The predicted octanol–water partition coefficient (Wildman–Crippen LogP) is 1.78. The van der Waals surface area contributed by atoms with E-state index in [0.29, 0.717) is 11.7 Å². The average Bonchev–Trinajstić information content (AvgIpc) is 3.04. The Morgan fingerprint density at radius 2 is 2.16 bits per heavy atom. The van der Waals surface area contributed by atoms with Crippen LogP contribution in [0.5, 0.6) is 0 Å². The highest BCUT2D eigenvalue weighted by atomic mass is 32.1. The summed E-state index contributed by atoms with van der Waals surface area (Å²) in [6.45, 7) is 2.77. The van der Waals surface area contributed by atoms with Crippen LogP contribution >= 0.6 is 11.3 Å². The van der Waals surface area contributed by atoms with Crippen LogP contribution in [-0.2, 0) is 13.0 Å². The van der Waals surface area contributed by atoms with Crippen LogP contribution in [0, 0.1) is 0 Å². The predicted molar refractivity (Wildman–Crippen MR) is 75.9 cm³/mol.